The number of para-hydroxylation sites is 1. The van der Waals surface area contributed by atoms with E-state index in [-0.39, 0.29) is 11.7 Å². The maximum Gasteiger partial charge on any atom is 0.162 e. The summed E-state index contributed by atoms with van der Waals surface area (Å²) in [6, 6.07) is 18.2. The molecule has 4 heteroatoms. The Balaban J connectivity index is 0.00000176. The van der Waals surface area contributed by atoms with Crippen molar-refractivity contribution in [3.05, 3.63) is 54.6 Å². The molecule has 3 aromatic rings. The molecule has 1 aromatic heterocycles. The Labute approximate surface area is 131 Å². The van der Waals surface area contributed by atoms with Gasteiger partial charge in [0.25, 0.3) is 0 Å². The Morgan fingerprint density at radius 3 is 2.14 bits per heavy atom. The van der Waals surface area contributed by atoms with Gasteiger partial charge in [0.15, 0.2) is 5.82 Å². The van der Waals surface area contributed by atoms with Crippen LogP contribution in [-0.2, 0) is 0 Å². The second-order valence-corrected chi connectivity index (χ2v) is 6.15. The SMILES string of the molecule is CC(C)(C)Nc1nc(-c2ccccc2)nc2ccccc12.N. The zero-order valence-electron chi connectivity index (χ0n) is 13.3. The third-order valence-corrected chi connectivity index (χ3v) is 3.13. The molecule has 0 aliphatic heterocycles. The van der Waals surface area contributed by atoms with Crippen LogP contribution in [0, 0.1) is 0 Å². The molecule has 4 nitrogen and oxygen atoms in total. The Bertz CT molecular complexity index is 761. The summed E-state index contributed by atoms with van der Waals surface area (Å²) in [4.78, 5) is 9.42. The van der Waals surface area contributed by atoms with Crippen molar-refractivity contribution in [2.24, 2.45) is 0 Å². The summed E-state index contributed by atoms with van der Waals surface area (Å²) in [5.41, 5.74) is 1.93. The Morgan fingerprint density at radius 2 is 1.45 bits per heavy atom. The van der Waals surface area contributed by atoms with Crippen LogP contribution < -0.4 is 11.5 Å². The first-order valence-corrected chi connectivity index (χ1v) is 7.13. The van der Waals surface area contributed by atoms with Crippen molar-refractivity contribution in [1.29, 1.82) is 0 Å². The van der Waals surface area contributed by atoms with Crippen LogP contribution in [0.1, 0.15) is 20.8 Å². The lowest BCUT2D eigenvalue weighted by atomic mass is 10.1. The highest BCUT2D eigenvalue weighted by Crippen LogP contribution is 2.26. The first-order valence-electron chi connectivity index (χ1n) is 7.13. The number of rotatable bonds is 2. The minimum absolute atomic E-state index is 0. The summed E-state index contributed by atoms with van der Waals surface area (Å²) in [7, 11) is 0. The summed E-state index contributed by atoms with van der Waals surface area (Å²) in [6.45, 7) is 6.39. The quantitative estimate of drug-likeness (QED) is 0.720. The van der Waals surface area contributed by atoms with Gasteiger partial charge in [0.05, 0.1) is 5.52 Å². The van der Waals surface area contributed by atoms with Crippen LogP contribution in [0.5, 0.6) is 0 Å². The molecule has 0 amide bonds. The van der Waals surface area contributed by atoms with Crippen molar-refractivity contribution in [3.8, 4) is 11.4 Å². The Morgan fingerprint density at radius 1 is 0.818 bits per heavy atom. The average molecular weight is 294 g/mol. The topological polar surface area (TPSA) is 72.8 Å². The third-order valence-electron chi connectivity index (χ3n) is 3.13. The number of hydrogen-bond acceptors (Lipinski definition) is 4. The van der Waals surface area contributed by atoms with E-state index in [1.54, 1.807) is 0 Å². The molecule has 3 rings (SSSR count). The molecule has 0 aliphatic carbocycles. The molecule has 0 saturated heterocycles. The summed E-state index contributed by atoms with van der Waals surface area (Å²) < 4.78 is 0. The van der Waals surface area contributed by atoms with Crippen molar-refractivity contribution in [2.75, 3.05) is 5.32 Å². The van der Waals surface area contributed by atoms with Gasteiger partial charge in [-0.05, 0) is 32.9 Å². The van der Waals surface area contributed by atoms with Crippen molar-refractivity contribution >= 4 is 16.7 Å². The highest BCUT2D eigenvalue weighted by atomic mass is 15.1. The molecule has 22 heavy (non-hydrogen) atoms. The normalized spacial score (nSPS) is 11.0. The molecule has 0 aliphatic rings. The highest BCUT2D eigenvalue weighted by molar-refractivity contribution is 5.90. The van der Waals surface area contributed by atoms with E-state index >= 15 is 0 Å². The van der Waals surface area contributed by atoms with E-state index in [2.05, 4.69) is 37.1 Å². The average Bonchev–Trinajstić information content (AvgIpc) is 2.46. The first kappa shape index (κ1) is 15.9. The molecule has 0 unspecified atom stereocenters. The van der Waals surface area contributed by atoms with E-state index in [1.807, 2.05) is 48.5 Å². The van der Waals surface area contributed by atoms with Gasteiger partial charge in [-0.1, -0.05) is 42.5 Å². The lowest BCUT2D eigenvalue weighted by molar-refractivity contribution is 0.631. The molecule has 0 spiro atoms. The summed E-state index contributed by atoms with van der Waals surface area (Å²) in [5, 5.41) is 4.53. The second kappa shape index (κ2) is 6.12. The number of nitrogens with one attached hydrogen (secondary N) is 1. The van der Waals surface area contributed by atoms with E-state index < -0.39 is 0 Å². The number of aromatic nitrogens is 2. The Hall–Kier alpha value is -2.46. The predicted molar refractivity (Wildman–Crippen MR) is 93.4 cm³/mol. The number of hydrogen-bond donors (Lipinski definition) is 2. The summed E-state index contributed by atoms with van der Waals surface area (Å²) in [5.74, 6) is 1.63. The number of anilines is 1. The maximum absolute atomic E-state index is 4.73. The molecule has 0 atom stereocenters. The third kappa shape index (κ3) is 3.40. The van der Waals surface area contributed by atoms with Gasteiger partial charge in [-0.25, -0.2) is 9.97 Å². The molecule has 2 aromatic carbocycles. The van der Waals surface area contributed by atoms with Gasteiger partial charge >= 0.3 is 0 Å². The number of fused-ring (bicyclic) bond motifs is 1. The number of nitrogens with zero attached hydrogens (tertiary/aromatic N) is 2. The lowest BCUT2D eigenvalue weighted by Crippen LogP contribution is -2.27. The fourth-order valence-electron chi connectivity index (χ4n) is 2.24. The molecule has 114 valence electrons. The standard InChI is InChI=1S/C18H19N3.H3N/c1-18(2,3)21-17-14-11-7-8-12-15(14)19-16(20-17)13-9-5-4-6-10-13;/h4-12H,1-3H3,(H,19,20,21);1H3. The van der Waals surface area contributed by atoms with Crippen molar-refractivity contribution < 1.29 is 0 Å². The molecule has 0 fully saturated rings. The molecular weight excluding hydrogens is 272 g/mol. The fourth-order valence-corrected chi connectivity index (χ4v) is 2.24. The summed E-state index contributed by atoms with van der Waals surface area (Å²) in [6.07, 6.45) is 0. The van der Waals surface area contributed by atoms with E-state index in [9.17, 15) is 0 Å². The zero-order chi connectivity index (χ0) is 14.9. The first-order chi connectivity index (χ1) is 10.0. The second-order valence-electron chi connectivity index (χ2n) is 6.15. The molecule has 4 N–H and O–H groups in total. The van der Waals surface area contributed by atoms with Gasteiger partial charge in [0, 0.05) is 16.5 Å². The van der Waals surface area contributed by atoms with E-state index in [0.717, 1.165) is 28.1 Å². The van der Waals surface area contributed by atoms with E-state index in [0.29, 0.717) is 0 Å². The lowest BCUT2D eigenvalue weighted by Gasteiger charge is -2.22. The molecule has 0 radical (unpaired) electrons. The maximum atomic E-state index is 4.73. The van der Waals surface area contributed by atoms with Crippen LogP contribution in [-0.4, -0.2) is 15.5 Å². The van der Waals surface area contributed by atoms with Gasteiger partial charge in [0.1, 0.15) is 5.82 Å². The van der Waals surface area contributed by atoms with Crippen LogP contribution in [0.4, 0.5) is 5.82 Å². The van der Waals surface area contributed by atoms with Crippen LogP contribution in [0.25, 0.3) is 22.3 Å². The number of benzene rings is 2. The van der Waals surface area contributed by atoms with Gasteiger partial charge < -0.3 is 11.5 Å². The van der Waals surface area contributed by atoms with Crippen LogP contribution in [0.2, 0.25) is 0 Å². The molecule has 1 heterocycles. The van der Waals surface area contributed by atoms with Crippen molar-refractivity contribution in [2.45, 2.75) is 26.3 Å². The van der Waals surface area contributed by atoms with E-state index in [4.69, 9.17) is 4.98 Å². The molecule has 0 bridgehead atoms. The molecule has 0 saturated carbocycles. The van der Waals surface area contributed by atoms with Crippen molar-refractivity contribution in [3.63, 3.8) is 0 Å². The predicted octanol–water partition coefficient (Wildman–Crippen LogP) is 4.67. The van der Waals surface area contributed by atoms with Crippen LogP contribution in [0.3, 0.4) is 0 Å². The van der Waals surface area contributed by atoms with E-state index in [1.165, 1.54) is 0 Å². The Kier molecular flexibility index (Phi) is 4.43. The summed E-state index contributed by atoms with van der Waals surface area (Å²) >= 11 is 0. The monoisotopic (exact) mass is 294 g/mol. The smallest absolute Gasteiger partial charge is 0.162 e. The van der Waals surface area contributed by atoms with Crippen molar-refractivity contribution in [1.82, 2.24) is 16.1 Å². The highest BCUT2D eigenvalue weighted by Gasteiger charge is 2.15. The van der Waals surface area contributed by atoms with Crippen LogP contribution >= 0.6 is 0 Å². The zero-order valence-corrected chi connectivity index (χ0v) is 13.3. The van der Waals surface area contributed by atoms with Gasteiger partial charge in [0.2, 0.25) is 0 Å². The largest absolute Gasteiger partial charge is 0.365 e. The minimum Gasteiger partial charge on any atom is -0.365 e. The minimum atomic E-state index is -0.0505. The fraction of sp³-hybridized carbons (Fsp3) is 0.222. The van der Waals surface area contributed by atoms with Gasteiger partial charge in [-0.2, -0.15) is 0 Å². The molecular formula is C18H22N4. The van der Waals surface area contributed by atoms with Crippen LogP contribution in [0.15, 0.2) is 54.6 Å². The van der Waals surface area contributed by atoms with Gasteiger partial charge in [-0.15, -0.1) is 0 Å². The van der Waals surface area contributed by atoms with Gasteiger partial charge in [-0.3, -0.25) is 0 Å².